The second-order valence-electron chi connectivity index (χ2n) is 6.44. The molecule has 0 unspecified atom stereocenters. The van der Waals surface area contributed by atoms with E-state index in [2.05, 4.69) is 4.90 Å². The van der Waals surface area contributed by atoms with E-state index in [0.717, 1.165) is 25.9 Å². The molecule has 20 heavy (non-hydrogen) atoms. The molecule has 0 aromatic heterocycles. The zero-order chi connectivity index (χ0) is 14.1. The number of carboxylic acid groups (broad SMARTS) is 1. The maximum Gasteiger partial charge on any atom is 0.307 e. The fourth-order valence-electron chi connectivity index (χ4n) is 3.71. The zero-order valence-corrected chi connectivity index (χ0v) is 12.0. The van der Waals surface area contributed by atoms with Gasteiger partial charge < -0.3 is 14.9 Å². The van der Waals surface area contributed by atoms with Crippen molar-refractivity contribution in [1.29, 1.82) is 0 Å². The minimum absolute atomic E-state index is 0.0782. The number of piperidine rings is 2. The van der Waals surface area contributed by atoms with Crippen LogP contribution in [0.4, 0.5) is 0 Å². The molecule has 3 fully saturated rings. The molecule has 1 amide bonds. The van der Waals surface area contributed by atoms with Crippen molar-refractivity contribution >= 4 is 11.9 Å². The Morgan fingerprint density at radius 3 is 2.10 bits per heavy atom. The average molecular weight is 280 g/mol. The number of hydrogen-bond acceptors (Lipinski definition) is 3. The predicted molar refractivity (Wildman–Crippen MR) is 74.3 cm³/mol. The second-order valence-corrected chi connectivity index (χ2v) is 6.44. The summed E-state index contributed by atoms with van der Waals surface area (Å²) in [7, 11) is 0. The summed E-state index contributed by atoms with van der Waals surface area (Å²) in [6.45, 7) is 4.04. The molecule has 1 aliphatic carbocycles. The Labute approximate surface area is 119 Å². The Balaban J connectivity index is 1.46. The summed E-state index contributed by atoms with van der Waals surface area (Å²) >= 11 is 0. The van der Waals surface area contributed by atoms with E-state index in [1.165, 1.54) is 32.4 Å². The van der Waals surface area contributed by atoms with Crippen LogP contribution in [0.25, 0.3) is 0 Å². The third kappa shape index (κ3) is 2.82. The predicted octanol–water partition coefficient (Wildman–Crippen LogP) is 1.18. The molecule has 1 N–H and O–H groups in total. The first kappa shape index (κ1) is 13.9. The van der Waals surface area contributed by atoms with Crippen LogP contribution < -0.4 is 0 Å². The van der Waals surface area contributed by atoms with Crippen molar-refractivity contribution in [1.82, 2.24) is 9.80 Å². The molecule has 0 bridgehead atoms. The van der Waals surface area contributed by atoms with E-state index in [-0.39, 0.29) is 11.8 Å². The van der Waals surface area contributed by atoms with Gasteiger partial charge in [0.1, 0.15) is 0 Å². The number of carbonyl (C=O) groups is 2. The minimum atomic E-state index is -0.813. The summed E-state index contributed by atoms with van der Waals surface area (Å²) in [4.78, 5) is 27.5. The molecule has 2 heterocycles. The van der Waals surface area contributed by atoms with Crippen molar-refractivity contribution in [3.8, 4) is 0 Å². The van der Waals surface area contributed by atoms with Crippen LogP contribution in [0.2, 0.25) is 0 Å². The molecule has 0 aromatic rings. The van der Waals surface area contributed by atoms with Crippen molar-refractivity contribution in [3.05, 3.63) is 0 Å². The summed E-state index contributed by atoms with van der Waals surface area (Å²) in [5, 5.41) is 8.91. The van der Waals surface area contributed by atoms with Gasteiger partial charge in [0.05, 0.1) is 11.8 Å². The van der Waals surface area contributed by atoms with Crippen molar-refractivity contribution in [2.75, 3.05) is 26.2 Å². The molecule has 5 nitrogen and oxygen atoms in total. The average Bonchev–Trinajstić information content (AvgIpc) is 3.28. The highest BCUT2D eigenvalue weighted by Crippen LogP contribution is 2.40. The fourth-order valence-corrected chi connectivity index (χ4v) is 3.71. The number of nitrogens with zero attached hydrogens (tertiary/aromatic N) is 2. The van der Waals surface area contributed by atoms with Crippen LogP contribution in [0.1, 0.15) is 38.5 Å². The van der Waals surface area contributed by atoms with Crippen molar-refractivity contribution in [2.45, 2.75) is 44.6 Å². The number of aliphatic carboxylic acids is 1. The summed E-state index contributed by atoms with van der Waals surface area (Å²) in [6, 6.07) is 0.633. The molecule has 2 saturated heterocycles. The molecular weight excluding hydrogens is 256 g/mol. The van der Waals surface area contributed by atoms with E-state index in [1.54, 1.807) is 0 Å². The van der Waals surface area contributed by atoms with Crippen molar-refractivity contribution < 1.29 is 14.7 Å². The quantitative estimate of drug-likeness (QED) is 0.843. The molecule has 5 heteroatoms. The summed E-state index contributed by atoms with van der Waals surface area (Å²) < 4.78 is 0. The molecule has 3 aliphatic rings. The molecule has 2 aliphatic heterocycles. The van der Waals surface area contributed by atoms with Crippen LogP contribution in [0.5, 0.6) is 0 Å². The highest BCUT2D eigenvalue weighted by molar-refractivity contribution is 5.89. The second kappa shape index (κ2) is 5.72. The minimum Gasteiger partial charge on any atom is -0.481 e. The normalized spacial score (nSPS) is 32.1. The molecule has 0 aromatic carbocycles. The Morgan fingerprint density at radius 2 is 1.55 bits per heavy atom. The first-order valence-corrected chi connectivity index (χ1v) is 7.92. The zero-order valence-electron chi connectivity index (χ0n) is 12.0. The molecule has 0 spiro atoms. The number of likely N-dealkylation sites (tertiary alicyclic amines) is 2. The maximum atomic E-state index is 12.2. The molecule has 112 valence electrons. The van der Waals surface area contributed by atoms with Gasteiger partial charge in [0, 0.05) is 19.1 Å². The van der Waals surface area contributed by atoms with E-state index in [4.69, 9.17) is 5.11 Å². The van der Waals surface area contributed by atoms with Gasteiger partial charge in [-0.15, -0.1) is 0 Å². The van der Waals surface area contributed by atoms with Crippen LogP contribution in [0.15, 0.2) is 0 Å². The number of hydrogen-bond donors (Lipinski definition) is 1. The lowest BCUT2D eigenvalue weighted by Gasteiger charge is -2.40. The smallest absolute Gasteiger partial charge is 0.307 e. The highest BCUT2D eigenvalue weighted by Gasteiger charge is 2.50. The van der Waals surface area contributed by atoms with E-state index in [9.17, 15) is 9.59 Å². The van der Waals surface area contributed by atoms with Crippen molar-refractivity contribution in [3.63, 3.8) is 0 Å². The van der Waals surface area contributed by atoms with Gasteiger partial charge in [0.2, 0.25) is 5.91 Å². The monoisotopic (exact) mass is 280 g/mol. The molecule has 1 saturated carbocycles. The van der Waals surface area contributed by atoms with E-state index in [0.29, 0.717) is 12.5 Å². The van der Waals surface area contributed by atoms with Gasteiger partial charge >= 0.3 is 5.97 Å². The van der Waals surface area contributed by atoms with Crippen LogP contribution in [-0.2, 0) is 9.59 Å². The van der Waals surface area contributed by atoms with Crippen molar-refractivity contribution in [2.24, 2.45) is 11.8 Å². The van der Waals surface area contributed by atoms with Gasteiger partial charge in [-0.05, 0) is 45.2 Å². The third-order valence-electron chi connectivity index (χ3n) is 5.11. The van der Waals surface area contributed by atoms with Gasteiger partial charge in [-0.3, -0.25) is 9.59 Å². The molecule has 0 radical (unpaired) electrons. The Kier molecular flexibility index (Phi) is 3.96. The third-order valence-corrected chi connectivity index (χ3v) is 5.11. The van der Waals surface area contributed by atoms with Gasteiger partial charge in [0.15, 0.2) is 0 Å². The van der Waals surface area contributed by atoms with Crippen LogP contribution >= 0.6 is 0 Å². The molecule has 3 rings (SSSR count). The lowest BCUT2D eigenvalue weighted by molar-refractivity contribution is -0.142. The standard InChI is InChI=1S/C15H24N2O3/c18-14(12-10-13(12)15(19)20)17-8-4-11(5-9-17)16-6-2-1-3-7-16/h11-13H,1-10H2,(H,19,20)/t12-,13+/m1/s1. The first-order valence-electron chi connectivity index (χ1n) is 7.92. The number of carbonyl (C=O) groups excluding carboxylic acids is 1. The topological polar surface area (TPSA) is 60.9 Å². The van der Waals surface area contributed by atoms with Gasteiger partial charge in [-0.2, -0.15) is 0 Å². The van der Waals surface area contributed by atoms with Gasteiger partial charge in [-0.1, -0.05) is 6.42 Å². The summed E-state index contributed by atoms with van der Waals surface area (Å²) in [5.41, 5.74) is 0. The highest BCUT2D eigenvalue weighted by atomic mass is 16.4. The number of carboxylic acids is 1. The van der Waals surface area contributed by atoms with E-state index < -0.39 is 11.9 Å². The van der Waals surface area contributed by atoms with E-state index >= 15 is 0 Å². The largest absolute Gasteiger partial charge is 0.481 e. The maximum absolute atomic E-state index is 12.2. The SMILES string of the molecule is O=C(O)[C@H]1C[C@H]1C(=O)N1CCC(N2CCCCC2)CC1. The summed E-state index contributed by atoms with van der Waals surface area (Å²) in [5.74, 6) is -1.39. The number of amides is 1. The lowest BCUT2D eigenvalue weighted by Crippen LogP contribution is -2.48. The van der Waals surface area contributed by atoms with Gasteiger partial charge in [0.25, 0.3) is 0 Å². The van der Waals surface area contributed by atoms with Gasteiger partial charge in [-0.25, -0.2) is 0 Å². The Hall–Kier alpha value is -1.10. The van der Waals surface area contributed by atoms with Crippen LogP contribution in [-0.4, -0.2) is 59.0 Å². The molecular formula is C15H24N2O3. The van der Waals surface area contributed by atoms with E-state index in [1.807, 2.05) is 4.90 Å². The Bertz CT molecular complexity index is 385. The summed E-state index contributed by atoms with van der Waals surface area (Å²) in [6.07, 6.45) is 6.61. The fraction of sp³-hybridized carbons (Fsp3) is 0.867. The van der Waals surface area contributed by atoms with Crippen LogP contribution in [0, 0.1) is 11.8 Å². The van der Waals surface area contributed by atoms with Crippen LogP contribution in [0.3, 0.4) is 0 Å². The molecule has 2 atom stereocenters. The number of rotatable bonds is 3. The lowest BCUT2D eigenvalue weighted by atomic mass is 9.99. The first-order chi connectivity index (χ1) is 9.66. The Morgan fingerprint density at radius 1 is 0.900 bits per heavy atom.